The van der Waals surface area contributed by atoms with E-state index in [9.17, 15) is 0 Å². The van der Waals surface area contributed by atoms with Crippen LogP contribution < -0.4 is 25.9 Å². The van der Waals surface area contributed by atoms with Gasteiger partial charge in [-0.05, 0) is 112 Å². The molecule has 10 aromatic rings. The molecule has 6 aliphatic heterocycles. The Morgan fingerprint density at radius 1 is 0.429 bits per heavy atom. The molecule has 29 heteroatoms. The Bertz CT molecular complexity index is 4510. The summed E-state index contributed by atoms with van der Waals surface area (Å²) in [5, 5.41) is 26.4. The molecule has 0 unspecified atom stereocenters. The van der Waals surface area contributed by atoms with Gasteiger partial charge in [-0.15, -0.1) is 0 Å². The number of anilines is 6. The Morgan fingerprint density at radius 2 is 0.810 bits per heavy atom. The second-order valence-electron chi connectivity index (χ2n) is 27.9. The van der Waals surface area contributed by atoms with Crippen molar-refractivity contribution >= 4 is 131 Å². The second kappa shape index (κ2) is 35.3. The molecule has 6 saturated heterocycles. The van der Waals surface area contributed by atoms with E-state index in [4.69, 9.17) is 88.0 Å². The van der Waals surface area contributed by atoms with Crippen molar-refractivity contribution < 1.29 is 33.0 Å². The molecule has 0 atom stereocenters. The van der Waals surface area contributed by atoms with Gasteiger partial charge in [-0.2, -0.15) is 25.3 Å². The fourth-order valence-corrected chi connectivity index (χ4v) is 14.2. The van der Waals surface area contributed by atoms with E-state index >= 15 is 0 Å². The number of hydrogen-bond acceptors (Lipinski definition) is 21. The van der Waals surface area contributed by atoms with Gasteiger partial charge in [0.25, 0.3) is 0 Å². The van der Waals surface area contributed by atoms with E-state index in [1.54, 1.807) is 6.07 Å². The van der Waals surface area contributed by atoms with E-state index in [-0.39, 0.29) is 18.3 Å². The summed E-state index contributed by atoms with van der Waals surface area (Å²) in [5.74, 6) is 2.69. The molecule has 0 bridgehead atoms. The average Bonchev–Trinajstić information content (AvgIpc) is 1.62. The maximum absolute atomic E-state index is 6.20. The number of rotatable bonds is 17. The summed E-state index contributed by atoms with van der Waals surface area (Å²) in [6.45, 7) is 28.2. The Hall–Kier alpha value is -7.12. The van der Waals surface area contributed by atoms with Crippen molar-refractivity contribution in [3.8, 4) is 11.3 Å². The van der Waals surface area contributed by atoms with Crippen molar-refractivity contribution in [1.82, 2.24) is 64.0 Å². The smallest absolute Gasteiger partial charge is 0.399 e. The zero-order valence-corrected chi connectivity index (χ0v) is 64.9. The number of hydrogen-bond donors (Lipinski definition) is 2. The SMILES string of the molecule is Clc1ccc(Nc2cc(Cl)nc(N3CCOCC3)n2)cc1.Cn1nc(CCN2CCOCC2)c2ccc(-c3cc(Nc4ccc(Cl)cc4)nc(N4CCOCC4)n3)cc21.Cn1nc(CCN2CCOCC2)c2ccc(B3OC(C)(C)C(C)(C)O3)cc21.Cn1nc(CCN2CCOCC2)c2ccc(Br)cc21. The molecular weight excluding hydrogens is 1460 g/mol. The maximum Gasteiger partial charge on any atom is 0.494 e. The first-order chi connectivity index (χ1) is 50.8. The Labute approximate surface area is 638 Å². The number of morpholine rings is 5. The Balaban J connectivity index is 0.000000129. The largest absolute Gasteiger partial charge is 0.494 e. The number of halogens is 4. The van der Waals surface area contributed by atoms with Crippen LogP contribution in [0.15, 0.2) is 120 Å². The van der Waals surface area contributed by atoms with Gasteiger partial charge < -0.3 is 53.4 Å². The van der Waals surface area contributed by atoms with Gasteiger partial charge in [-0.25, -0.2) is 9.97 Å². The molecule has 105 heavy (non-hydrogen) atoms. The molecule has 24 nitrogen and oxygen atoms in total. The highest BCUT2D eigenvalue weighted by Gasteiger charge is 2.52. The van der Waals surface area contributed by atoms with Crippen LogP contribution in [0.2, 0.25) is 15.2 Å². The van der Waals surface area contributed by atoms with Gasteiger partial charge in [0.05, 0.1) is 117 Å². The molecule has 6 aliphatic rings. The zero-order valence-electron chi connectivity index (χ0n) is 61.0. The molecule has 0 amide bonds. The number of benzene rings is 5. The third-order valence-corrected chi connectivity index (χ3v) is 21.3. The molecule has 5 aromatic carbocycles. The summed E-state index contributed by atoms with van der Waals surface area (Å²) >= 11 is 21.6. The number of nitrogens with zero attached hydrogens (tertiary/aromatic N) is 15. The maximum atomic E-state index is 6.20. The highest BCUT2D eigenvalue weighted by Crippen LogP contribution is 2.37. The number of nitrogens with one attached hydrogen (secondary N) is 2. The van der Waals surface area contributed by atoms with Crippen molar-refractivity contribution in [2.24, 2.45) is 21.1 Å². The molecule has 2 N–H and O–H groups in total. The fraction of sp³-hybridized carbons (Fsp3) is 0.461. The quantitative estimate of drug-likeness (QED) is 0.0641. The lowest BCUT2D eigenvalue weighted by atomic mass is 9.78. The Morgan fingerprint density at radius 3 is 1.26 bits per heavy atom. The molecule has 0 spiro atoms. The molecule has 16 rings (SSSR count). The highest BCUT2D eigenvalue weighted by molar-refractivity contribution is 9.10. The van der Waals surface area contributed by atoms with Gasteiger partial charge in [-0.3, -0.25) is 28.7 Å². The fourth-order valence-electron chi connectivity index (χ4n) is 13.4. The van der Waals surface area contributed by atoms with Gasteiger partial charge >= 0.3 is 7.12 Å². The molecular formula is C76H94BBrCl3N17O7. The van der Waals surface area contributed by atoms with E-state index in [0.717, 1.165) is 205 Å². The third-order valence-electron chi connectivity index (χ3n) is 20.1. The van der Waals surface area contributed by atoms with Crippen LogP contribution in [0.4, 0.5) is 34.9 Å². The van der Waals surface area contributed by atoms with Gasteiger partial charge in [0.15, 0.2) is 0 Å². The van der Waals surface area contributed by atoms with Crippen molar-refractivity contribution in [3.05, 3.63) is 152 Å². The van der Waals surface area contributed by atoms with Crippen LogP contribution in [0.1, 0.15) is 44.8 Å². The van der Waals surface area contributed by atoms with E-state index in [0.29, 0.717) is 59.3 Å². The number of ether oxygens (including phenoxy) is 5. The van der Waals surface area contributed by atoms with Crippen LogP contribution in [0.25, 0.3) is 44.0 Å². The summed E-state index contributed by atoms with van der Waals surface area (Å²) in [6.07, 6.45) is 2.87. The predicted octanol–water partition coefficient (Wildman–Crippen LogP) is 11.5. The second-order valence-corrected chi connectivity index (χ2v) is 30.0. The van der Waals surface area contributed by atoms with Crippen molar-refractivity contribution in [1.29, 1.82) is 0 Å². The molecule has 11 heterocycles. The topological polar surface area (TPSA) is 210 Å². The number of aryl methyl sites for hydroxylation is 3. The first-order valence-electron chi connectivity index (χ1n) is 36.3. The van der Waals surface area contributed by atoms with Crippen LogP contribution in [0.3, 0.4) is 0 Å². The summed E-state index contributed by atoms with van der Waals surface area (Å²) in [7, 11) is 5.68. The van der Waals surface area contributed by atoms with E-state index in [2.05, 4.69) is 148 Å². The molecule has 6 fully saturated rings. The molecule has 0 radical (unpaired) electrons. The van der Waals surface area contributed by atoms with Crippen molar-refractivity contribution in [2.75, 3.05) is 172 Å². The molecule has 0 saturated carbocycles. The monoisotopic (exact) mass is 1550 g/mol. The van der Waals surface area contributed by atoms with Gasteiger partial charge in [0.2, 0.25) is 11.9 Å². The van der Waals surface area contributed by atoms with E-state index in [1.165, 1.54) is 27.4 Å². The minimum atomic E-state index is -0.342. The summed E-state index contributed by atoms with van der Waals surface area (Å²) in [4.78, 5) is 30.2. The lowest BCUT2D eigenvalue weighted by molar-refractivity contribution is 0.00578. The van der Waals surface area contributed by atoms with Gasteiger partial charge in [0.1, 0.15) is 16.8 Å². The third kappa shape index (κ3) is 19.8. The molecule has 556 valence electrons. The van der Waals surface area contributed by atoms with Gasteiger partial charge in [-0.1, -0.05) is 75.0 Å². The summed E-state index contributed by atoms with van der Waals surface area (Å²) < 4.78 is 46.6. The van der Waals surface area contributed by atoms with E-state index in [1.807, 2.05) is 89.8 Å². The van der Waals surface area contributed by atoms with Crippen LogP contribution >= 0.6 is 50.7 Å². The zero-order chi connectivity index (χ0) is 73.0. The van der Waals surface area contributed by atoms with Crippen LogP contribution in [0, 0.1) is 0 Å². The lowest BCUT2D eigenvalue weighted by Crippen LogP contribution is -2.41. The minimum Gasteiger partial charge on any atom is -0.399 e. The molecule has 5 aromatic heterocycles. The number of fused-ring (bicyclic) bond motifs is 3. The van der Waals surface area contributed by atoms with Crippen molar-refractivity contribution in [3.63, 3.8) is 0 Å². The first-order valence-corrected chi connectivity index (χ1v) is 38.2. The van der Waals surface area contributed by atoms with E-state index < -0.39 is 0 Å². The Kier molecular flexibility index (Phi) is 25.6. The minimum absolute atomic E-state index is 0.331. The molecule has 0 aliphatic carbocycles. The normalized spacial score (nSPS) is 18.0. The summed E-state index contributed by atoms with van der Waals surface area (Å²) in [5.41, 5.74) is 10.9. The lowest BCUT2D eigenvalue weighted by Gasteiger charge is -2.32. The average molecular weight is 1550 g/mol. The first kappa shape index (κ1) is 76.1. The highest BCUT2D eigenvalue weighted by atomic mass is 79.9. The summed E-state index contributed by atoms with van der Waals surface area (Å²) in [6, 6.07) is 38.0. The number of aromatic nitrogens is 10. The van der Waals surface area contributed by atoms with Crippen LogP contribution in [-0.2, 0) is 73.4 Å². The van der Waals surface area contributed by atoms with Crippen molar-refractivity contribution in [2.45, 2.75) is 58.2 Å². The predicted molar refractivity (Wildman–Crippen MR) is 422 cm³/mol. The van der Waals surface area contributed by atoms with Crippen LogP contribution in [0.5, 0.6) is 0 Å². The van der Waals surface area contributed by atoms with Crippen LogP contribution in [-0.4, -0.2) is 233 Å². The standard InChI is InChI=1S/C28H32ClN7O2.C20H30BN3O3.C14H18BrN3O.C14H14Cl2N4O/c1-34-26-18-20(2-7-23(26)24(33-34)8-9-35-10-14-37-15-11-35)25-19-27(30-22-5-3-21(29)4-6-22)32-28(31-25)36-12-16-38-17-13-36;1-19(2)20(3,4)27-21(26-19)15-6-7-16-17(22-23(5)18(16)14-15)8-9-24-10-12-25-13-11-24;1-17-14-10-11(15)2-3-12(14)13(16-17)4-5-18-6-8-19-9-7-18;15-10-1-3-11(4-2-10)17-13-9-12(16)18-14(19-13)20-5-7-21-8-6-20/h2-7,18-19H,8-17H2,1H3,(H,30,31,32);6-7,14H,8-13H2,1-5H3;2-3,10H,4-9H2,1H3;1-4,9H,5-8H2,(H,17,18,19). The van der Waals surface area contributed by atoms with Gasteiger partial charge in [0, 0.05) is 185 Å².